The third-order valence-electron chi connectivity index (χ3n) is 2.39. The van der Waals surface area contributed by atoms with Crippen LogP contribution in [0.2, 0.25) is 0 Å². The molecule has 0 aliphatic carbocycles. The van der Waals surface area contributed by atoms with Crippen molar-refractivity contribution in [1.29, 1.82) is 0 Å². The highest BCUT2D eigenvalue weighted by Gasteiger charge is 2.07. The van der Waals surface area contributed by atoms with E-state index in [1.807, 2.05) is 6.92 Å². The summed E-state index contributed by atoms with van der Waals surface area (Å²) in [4.78, 5) is 22.9. The van der Waals surface area contributed by atoms with E-state index in [0.29, 0.717) is 17.9 Å². The van der Waals surface area contributed by atoms with E-state index in [1.165, 1.54) is 0 Å². The van der Waals surface area contributed by atoms with Gasteiger partial charge in [0.05, 0.1) is 11.4 Å². The number of anilines is 2. The number of carbonyl (C=O) groups excluding carboxylic acids is 2. The first kappa shape index (κ1) is 14.0. The molecule has 0 aromatic heterocycles. The smallest absolute Gasteiger partial charge is 0.224 e. The molecule has 1 aromatic carbocycles. The minimum atomic E-state index is -0.209. The van der Waals surface area contributed by atoms with Crippen LogP contribution in [0.3, 0.4) is 0 Å². The Balaban J connectivity index is 2.34. The first-order valence-electron chi connectivity index (χ1n) is 6.04. The van der Waals surface area contributed by atoms with Crippen LogP contribution in [-0.4, -0.2) is 18.4 Å². The zero-order chi connectivity index (χ0) is 13.4. The van der Waals surface area contributed by atoms with Crippen LogP contribution >= 0.6 is 0 Å². The van der Waals surface area contributed by atoms with Crippen molar-refractivity contribution in [3.8, 4) is 0 Å². The predicted molar refractivity (Wildman–Crippen MR) is 72.0 cm³/mol. The van der Waals surface area contributed by atoms with Gasteiger partial charge >= 0.3 is 0 Å². The van der Waals surface area contributed by atoms with Crippen LogP contribution in [-0.2, 0) is 9.59 Å². The molecule has 5 nitrogen and oxygen atoms in total. The average molecular weight is 249 g/mol. The lowest BCUT2D eigenvalue weighted by Gasteiger charge is -2.07. The fourth-order valence-corrected chi connectivity index (χ4v) is 1.40. The predicted octanol–water partition coefficient (Wildman–Crippen LogP) is 1.51. The summed E-state index contributed by atoms with van der Waals surface area (Å²) < 4.78 is 0. The Morgan fingerprint density at radius 1 is 1.17 bits per heavy atom. The molecular weight excluding hydrogens is 230 g/mol. The van der Waals surface area contributed by atoms with Gasteiger partial charge in [0.15, 0.2) is 0 Å². The Kier molecular flexibility index (Phi) is 5.70. The molecule has 0 aliphatic rings. The van der Waals surface area contributed by atoms with Gasteiger partial charge in [0.1, 0.15) is 0 Å². The third-order valence-corrected chi connectivity index (χ3v) is 2.39. The molecule has 0 saturated heterocycles. The second-order valence-electron chi connectivity index (χ2n) is 3.99. The van der Waals surface area contributed by atoms with E-state index in [9.17, 15) is 9.59 Å². The summed E-state index contributed by atoms with van der Waals surface area (Å²) in [6.45, 7) is 2.62. The molecule has 1 aromatic rings. The summed E-state index contributed by atoms with van der Waals surface area (Å²) in [5.74, 6) is -0.312. The first-order chi connectivity index (χ1) is 8.63. The molecule has 4 N–H and O–H groups in total. The average Bonchev–Trinajstić information content (AvgIpc) is 2.36. The molecule has 0 spiro atoms. The monoisotopic (exact) mass is 249 g/mol. The van der Waals surface area contributed by atoms with Crippen molar-refractivity contribution in [3.05, 3.63) is 24.3 Å². The van der Waals surface area contributed by atoms with Gasteiger partial charge in [-0.05, 0) is 18.6 Å². The number of para-hydroxylation sites is 2. The zero-order valence-electron chi connectivity index (χ0n) is 10.5. The van der Waals surface area contributed by atoms with Crippen LogP contribution in [0, 0.1) is 0 Å². The molecule has 0 atom stereocenters. The van der Waals surface area contributed by atoms with Crippen molar-refractivity contribution < 1.29 is 9.59 Å². The molecular formula is C13H19N3O2. The van der Waals surface area contributed by atoms with Gasteiger partial charge in [-0.3, -0.25) is 9.59 Å². The number of amides is 2. The number of carbonyl (C=O) groups is 2. The number of nitrogens with one attached hydrogen (secondary N) is 2. The number of nitrogen functional groups attached to an aromatic ring is 1. The van der Waals surface area contributed by atoms with Crippen LogP contribution in [0.1, 0.15) is 26.2 Å². The fourth-order valence-electron chi connectivity index (χ4n) is 1.40. The molecule has 0 unspecified atom stereocenters. The molecule has 0 saturated carbocycles. The zero-order valence-corrected chi connectivity index (χ0v) is 10.5. The van der Waals surface area contributed by atoms with Crippen LogP contribution in [0.4, 0.5) is 11.4 Å². The fraction of sp³-hybridized carbons (Fsp3) is 0.385. The summed E-state index contributed by atoms with van der Waals surface area (Å²) in [5.41, 5.74) is 6.79. The summed E-state index contributed by atoms with van der Waals surface area (Å²) in [6.07, 6.45) is 1.24. The maximum atomic E-state index is 11.6. The minimum absolute atomic E-state index is 0.104. The highest BCUT2D eigenvalue weighted by molar-refractivity contribution is 5.95. The standard InChI is InChI=1S/C13H19N3O2/c1-2-9-15-12(17)7-8-13(18)16-11-6-4-3-5-10(11)14/h3-6H,2,7-9,14H2,1H3,(H,15,17)(H,16,18). The number of nitrogens with two attached hydrogens (primary N) is 1. The van der Waals surface area contributed by atoms with E-state index >= 15 is 0 Å². The van der Waals surface area contributed by atoms with Gasteiger partial charge in [0, 0.05) is 19.4 Å². The SMILES string of the molecule is CCCNC(=O)CCC(=O)Nc1ccccc1N. The number of hydrogen-bond donors (Lipinski definition) is 3. The molecule has 2 amide bonds. The van der Waals surface area contributed by atoms with Gasteiger partial charge in [-0.25, -0.2) is 0 Å². The van der Waals surface area contributed by atoms with E-state index in [2.05, 4.69) is 10.6 Å². The van der Waals surface area contributed by atoms with Gasteiger partial charge in [0.25, 0.3) is 0 Å². The summed E-state index contributed by atoms with van der Waals surface area (Å²) in [6, 6.07) is 7.02. The largest absolute Gasteiger partial charge is 0.397 e. The van der Waals surface area contributed by atoms with E-state index in [4.69, 9.17) is 5.73 Å². The highest BCUT2D eigenvalue weighted by atomic mass is 16.2. The Hall–Kier alpha value is -2.04. The molecule has 0 heterocycles. The number of rotatable bonds is 6. The van der Waals surface area contributed by atoms with Crippen LogP contribution < -0.4 is 16.4 Å². The van der Waals surface area contributed by atoms with E-state index in [1.54, 1.807) is 24.3 Å². The van der Waals surface area contributed by atoms with Crippen LogP contribution in [0.15, 0.2) is 24.3 Å². The molecule has 1 rings (SSSR count). The van der Waals surface area contributed by atoms with Gasteiger partial charge < -0.3 is 16.4 Å². The second-order valence-corrected chi connectivity index (χ2v) is 3.99. The van der Waals surface area contributed by atoms with Gasteiger partial charge in [-0.2, -0.15) is 0 Å². The maximum absolute atomic E-state index is 11.6. The van der Waals surface area contributed by atoms with Crippen molar-refractivity contribution in [2.45, 2.75) is 26.2 Å². The van der Waals surface area contributed by atoms with Crippen molar-refractivity contribution in [3.63, 3.8) is 0 Å². The molecule has 0 radical (unpaired) electrons. The molecule has 0 aliphatic heterocycles. The van der Waals surface area contributed by atoms with Crippen LogP contribution in [0.5, 0.6) is 0 Å². The van der Waals surface area contributed by atoms with E-state index in [-0.39, 0.29) is 24.7 Å². The number of hydrogen-bond acceptors (Lipinski definition) is 3. The molecule has 18 heavy (non-hydrogen) atoms. The van der Waals surface area contributed by atoms with Gasteiger partial charge in [-0.1, -0.05) is 19.1 Å². The maximum Gasteiger partial charge on any atom is 0.224 e. The highest BCUT2D eigenvalue weighted by Crippen LogP contribution is 2.16. The Morgan fingerprint density at radius 3 is 2.50 bits per heavy atom. The lowest BCUT2D eigenvalue weighted by molar-refractivity contribution is -0.124. The molecule has 98 valence electrons. The topological polar surface area (TPSA) is 84.2 Å². The van der Waals surface area contributed by atoms with Crippen molar-refractivity contribution >= 4 is 23.2 Å². The van der Waals surface area contributed by atoms with Gasteiger partial charge in [0.2, 0.25) is 11.8 Å². The summed E-state index contributed by atoms with van der Waals surface area (Å²) in [5, 5.41) is 5.40. The number of benzene rings is 1. The van der Waals surface area contributed by atoms with Crippen LogP contribution in [0.25, 0.3) is 0 Å². The summed E-state index contributed by atoms with van der Waals surface area (Å²) >= 11 is 0. The lowest BCUT2D eigenvalue weighted by Crippen LogP contribution is -2.25. The Morgan fingerprint density at radius 2 is 1.83 bits per heavy atom. The molecule has 0 bridgehead atoms. The Labute approximate surface area is 107 Å². The lowest BCUT2D eigenvalue weighted by atomic mass is 10.2. The third kappa shape index (κ3) is 4.86. The summed E-state index contributed by atoms with van der Waals surface area (Å²) in [7, 11) is 0. The Bertz CT molecular complexity index is 418. The van der Waals surface area contributed by atoms with Crippen molar-refractivity contribution in [1.82, 2.24) is 5.32 Å². The molecule has 5 heteroatoms. The second kappa shape index (κ2) is 7.32. The normalized spacial score (nSPS) is 9.83. The first-order valence-corrected chi connectivity index (χ1v) is 6.04. The van der Waals surface area contributed by atoms with E-state index in [0.717, 1.165) is 6.42 Å². The van der Waals surface area contributed by atoms with E-state index < -0.39 is 0 Å². The molecule has 0 fully saturated rings. The minimum Gasteiger partial charge on any atom is -0.397 e. The van der Waals surface area contributed by atoms with Crippen molar-refractivity contribution in [2.24, 2.45) is 0 Å². The quantitative estimate of drug-likeness (QED) is 0.668. The van der Waals surface area contributed by atoms with Crippen molar-refractivity contribution in [2.75, 3.05) is 17.6 Å². The van der Waals surface area contributed by atoms with Gasteiger partial charge in [-0.15, -0.1) is 0 Å².